The average molecular weight is 442 g/mol. The van der Waals surface area contributed by atoms with Crippen LogP contribution in [0.4, 0.5) is 17.3 Å². The number of pyridine rings is 1. The van der Waals surface area contributed by atoms with Crippen LogP contribution in [0.25, 0.3) is 10.9 Å². The van der Waals surface area contributed by atoms with E-state index in [-0.39, 0.29) is 12.4 Å². The fraction of sp³-hybridized carbons (Fsp3) is 0.136. The molecule has 2 aromatic heterocycles. The molecule has 2 aromatic carbocycles. The summed E-state index contributed by atoms with van der Waals surface area (Å²) in [5.41, 5.74) is 2.66. The lowest BCUT2D eigenvalue weighted by Gasteiger charge is -2.14. The number of anilines is 3. The maximum Gasteiger partial charge on any atom is 0.141 e. The number of benzene rings is 2. The van der Waals surface area contributed by atoms with Gasteiger partial charge in [-0.05, 0) is 29.8 Å². The second-order valence-electron chi connectivity index (χ2n) is 6.72. The molecule has 30 heavy (non-hydrogen) atoms. The number of nitrogens with zero attached hydrogens (tertiary/aromatic N) is 4. The first kappa shape index (κ1) is 21.6. The molecule has 0 aliphatic heterocycles. The summed E-state index contributed by atoms with van der Waals surface area (Å²) in [5.74, 6) is 2.15. The number of hydrogen-bond donors (Lipinski definition) is 1. The topological polar surface area (TPSA) is 63.2 Å². The number of rotatable bonds is 6. The molecule has 1 N–H and O–H groups in total. The molecule has 4 rings (SSSR count). The Labute approximate surface area is 186 Å². The van der Waals surface area contributed by atoms with Gasteiger partial charge in [0.25, 0.3) is 0 Å². The van der Waals surface area contributed by atoms with Gasteiger partial charge in [-0.15, -0.1) is 12.4 Å². The summed E-state index contributed by atoms with van der Waals surface area (Å²) >= 11 is 6.43. The molecule has 0 saturated carbocycles. The van der Waals surface area contributed by atoms with Crippen LogP contribution in [0.2, 0.25) is 5.02 Å². The smallest absolute Gasteiger partial charge is 0.141 e. The molecule has 6 nitrogen and oxygen atoms in total. The van der Waals surface area contributed by atoms with E-state index in [4.69, 9.17) is 16.3 Å². The summed E-state index contributed by atoms with van der Waals surface area (Å²) in [6, 6.07) is 17.5. The van der Waals surface area contributed by atoms with Gasteiger partial charge in [0.2, 0.25) is 0 Å². The Balaban J connectivity index is 0.00000256. The lowest BCUT2D eigenvalue weighted by Crippen LogP contribution is -2.10. The van der Waals surface area contributed by atoms with Crippen LogP contribution in [0.5, 0.6) is 5.75 Å². The summed E-state index contributed by atoms with van der Waals surface area (Å²) in [6.07, 6.45) is 3.26. The van der Waals surface area contributed by atoms with Crippen molar-refractivity contribution in [1.29, 1.82) is 0 Å². The van der Waals surface area contributed by atoms with Crippen molar-refractivity contribution >= 4 is 52.2 Å². The van der Waals surface area contributed by atoms with Gasteiger partial charge in [-0.2, -0.15) is 0 Å². The minimum absolute atomic E-state index is 0. The Morgan fingerprint density at radius 1 is 1.00 bits per heavy atom. The molecule has 2 heterocycles. The van der Waals surface area contributed by atoms with Crippen molar-refractivity contribution < 1.29 is 4.74 Å². The maximum absolute atomic E-state index is 6.43. The standard InChI is InChI=1S/C22H20ClN5O.ClH/c1-28(2)21-11-17-19(12-24-21)25-14-26-22(17)27-16-8-9-20(18(23)10-16)29-13-15-6-4-3-5-7-15;/h3-12,14H,13H2,1-2H3,(H,25,26,27);1H. The van der Waals surface area contributed by atoms with E-state index in [1.54, 1.807) is 6.20 Å². The number of hydrogen-bond acceptors (Lipinski definition) is 6. The molecule has 0 bridgehead atoms. The van der Waals surface area contributed by atoms with E-state index in [9.17, 15) is 0 Å². The fourth-order valence-electron chi connectivity index (χ4n) is 2.86. The molecule has 0 aliphatic rings. The molecule has 8 heteroatoms. The van der Waals surface area contributed by atoms with Gasteiger partial charge in [-0.1, -0.05) is 41.9 Å². The van der Waals surface area contributed by atoms with Crippen LogP contribution in [-0.4, -0.2) is 29.0 Å². The Bertz CT molecular complexity index is 1140. The number of ether oxygens (including phenoxy) is 1. The molecule has 154 valence electrons. The van der Waals surface area contributed by atoms with Crippen LogP contribution in [-0.2, 0) is 6.61 Å². The second kappa shape index (κ2) is 9.61. The van der Waals surface area contributed by atoms with Gasteiger partial charge < -0.3 is 15.0 Å². The Hall–Kier alpha value is -3.09. The Morgan fingerprint density at radius 3 is 2.53 bits per heavy atom. The number of halogens is 2. The van der Waals surface area contributed by atoms with E-state index >= 15 is 0 Å². The monoisotopic (exact) mass is 441 g/mol. The third-order valence-corrected chi connectivity index (χ3v) is 4.69. The highest BCUT2D eigenvalue weighted by atomic mass is 35.5. The lowest BCUT2D eigenvalue weighted by molar-refractivity contribution is 0.306. The molecular weight excluding hydrogens is 421 g/mol. The van der Waals surface area contributed by atoms with Gasteiger partial charge in [0.05, 0.1) is 16.7 Å². The van der Waals surface area contributed by atoms with Crippen LogP contribution in [0.1, 0.15) is 5.56 Å². The van der Waals surface area contributed by atoms with Gasteiger partial charge in [0, 0.05) is 25.2 Å². The van der Waals surface area contributed by atoms with Crippen molar-refractivity contribution in [2.75, 3.05) is 24.3 Å². The Kier molecular flexibility index (Phi) is 6.92. The van der Waals surface area contributed by atoms with E-state index in [1.807, 2.05) is 73.6 Å². The van der Waals surface area contributed by atoms with E-state index in [1.165, 1.54) is 6.33 Å². The van der Waals surface area contributed by atoms with Crippen molar-refractivity contribution in [3.63, 3.8) is 0 Å². The highest BCUT2D eigenvalue weighted by Gasteiger charge is 2.09. The quantitative estimate of drug-likeness (QED) is 0.426. The highest BCUT2D eigenvalue weighted by Crippen LogP contribution is 2.31. The summed E-state index contributed by atoms with van der Waals surface area (Å²) in [4.78, 5) is 15.0. The molecule has 0 spiro atoms. The minimum atomic E-state index is 0. The van der Waals surface area contributed by atoms with Gasteiger partial charge in [-0.3, -0.25) is 0 Å². The van der Waals surface area contributed by atoms with Crippen molar-refractivity contribution in [2.45, 2.75) is 6.61 Å². The molecule has 0 amide bonds. The zero-order chi connectivity index (χ0) is 20.2. The lowest BCUT2D eigenvalue weighted by atomic mass is 10.2. The van der Waals surface area contributed by atoms with Crippen molar-refractivity contribution in [3.8, 4) is 5.75 Å². The fourth-order valence-corrected chi connectivity index (χ4v) is 3.09. The van der Waals surface area contributed by atoms with E-state index < -0.39 is 0 Å². The summed E-state index contributed by atoms with van der Waals surface area (Å²) in [5, 5.41) is 4.73. The zero-order valence-corrected chi connectivity index (χ0v) is 18.1. The average Bonchev–Trinajstić information content (AvgIpc) is 2.74. The molecule has 0 unspecified atom stereocenters. The number of nitrogens with one attached hydrogen (secondary N) is 1. The van der Waals surface area contributed by atoms with Crippen LogP contribution >= 0.6 is 24.0 Å². The highest BCUT2D eigenvalue weighted by molar-refractivity contribution is 6.32. The molecule has 0 atom stereocenters. The van der Waals surface area contributed by atoms with E-state index in [0.717, 1.165) is 28.0 Å². The predicted molar refractivity (Wildman–Crippen MR) is 124 cm³/mol. The molecule has 0 radical (unpaired) electrons. The second-order valence-corrected chi connectivity index (χ2v) is 7.13. The Morgan fingerprint density at radius 2 is 1.80 bits per heavy atom. The first-order valence-corrected chi connectivity index (χ1v) is 9.49. The largest absolute Gasteiger partial charge is 0.487 e. The van der Waals surface area contributed by atoms with Gasteiger partial charge in [-0.25, -0.2) is 15.0 Å². The zero-order valence-electron chi connectivity index (χ0n) is 16.5. The molecular formula is C22H21Cl2N5O. The van der Waals surface area contributed by atoms with Crippen LogP contribution < -0.4 is 15.0 Å². The maximum atomic E-state index is 6.43. The summed E-state index contributed by atoms with van der Waals surface area (Å²) < 4.78 is 5.84. The number of fused-ring (bicyclic) bond motifs is 1. The predicted octanol–water partition coefficient (Wildman–Crippen LogP) is 5.49. The third-order valence-electron chi connectivity index (χ3n) is 4.40. The molecule has 0 aliphatic carbocycles. The van der Waals surface area contributed by atoms with Crippen LogP contribution in [0.3, 0.4) is 0 Å². The van der Waals surface area contributed by atoms with Crippen LogP contribution in [0, 0.1) is 0 Å². The minimum Gasteiger partial charge on any atom is -0.487 e. The molecule has 0 fully saturated rings. The van der Waals surface area contributed by atoms with Gasteiger partial charge in [0.1, 0.15) is 30.3 Å². The van der Waals surface area contributed by atoms with Gasteiger partial charge in [0.15, 0.2) is 0 Å². The van der Waals surface area contributed by atoms with Crippen molar-refractivity contribution in [1.82, 2.24) is 15.0 Å². The normalized spacial score (nSPS) is 10.4. The summed E-state index contributed by atoms with van der Waals surface area (Å²) in [6.45, 7) is 0.462. The van der Waals surface area contributed by atoms with Crippen LogP contribution in [0.15, 0.2) is 67.1 Å². The third kappa shape index (κ3) is 4.90. The van der Waals surface area contributed by atoms with Gasteiger partial charge >= 0.3 is 0 Å². The first-order chi connectivity index (χ1) is 14.1. The summed E-state index contributed by atoms with van der Waals surface area (Å²) in [7, 11) is 3.89. The first-order valence-electron chi connectivity index (χ1n) is 9.11. The number of aromatic nitrogens is 3. The van der Waals surface area contributed by atoms with E-state index in [2.05, 4.69) is 20.3 Å². The molecule has 4 aromatic rings. The van der Waals surface area contributed by atoms with Crippen molar-refractivity contribution in [2.24, 2.45) is 0 Å². The molecule has 0 saturated heterocycles. The SMILES string of the molecule is CN(C)c1cc2c(Nc3ccc(OCc4ccccc4)c(Cl)c3)ncnc2cn1.Cl. The van der Waals surface area contributed by atoms with Crippen molar-refractivity contribution in [3.05, 3.63) is 77.7 Å². The van der Waals surface area contributed by atoms with E-state index in [0.29, 0.717) is 23.2 Å².